The van der Waals surface area contributed by atoms with Crippen LogP contribution in [-0.2, 0) is 17.9 Å². The van der Waals surface area contributed by atoms with Gasteiger partial charge in [-0.1, -0.05) is 30.3 Å². The minimum Gasteiger partial charge on any atom is -0.384 e. The molecule has 4 N–H and O–H groups in total. The van der Waals surface area contributed by atoms with Crippen LogP contribution in [0.3, 0.4) is 0 Å². The number of quaternary nitrogens is 1. The maximum absolute atomic E-state index is 13.0. The van der Waals surface area contributed by atoms with Gasteiger partial charge in [0.25, 0.3) is 11.5 Å². The van der Waals surface area contributed by atoms with Gasteiger partial charge in [-0.3, -0.25) is 23.5 Å². The monoisotopic (exact) mass is 430 g/mol. The van der Waals surface area contributed by atoms with Crippen molar-refractivity contribution in [3.63, 3.8) is 0 Å². The van der Waals surface area contributed by atoms with E-state index in [1.807, 2.05) is 51.1 Å². The van der Waals surface area contributed by atoms with Crippen LogP contribution >= 0.6 is 0 Å². The van der Waals surface area contributed by atoms with Crippen LogP contribution in [0.4, 0.5) is 5.82 Å². The van der Waals surface area contributed by atoms with E-state index in [1.165, 1.54) is 4.57 Å². The number of aromatic nitrogens is 2. The van der Waals surface area contributed by atoms with Crippen LogP contribution in [0.25, 0.3) is 0 Å². The van der Waals surface area contributed by atoms with Crippen LogP contribution in [0.15, 0.2) is 39.9 Å². The number of nitrogens with two attached hydrogens (primary N) is 1. The molecule has 0 aliphatic heterocycles. The van der Waals surface area contributed by atoms with Crippen molar-refractivity contribution >= 4 is 17.5 Å². The molecule has 31 heavy (non-hydrogen) atoms. The van der Waals surface area contributed by atoms with Crippen molar-refractivity contribution in [1.29, 1.82) is 0 Å². The molecule has 9 heteroatoms. The summed E-state index contributed by atoms with van der Waals surface area (Å²) in [6.45, 7) is 7.49. The normalized spacial score (nSPS) is 12.4. The van der Waals surface area contributed by atoms with Gasteiger partial charge in [0, 0.05) is 12.1 Å². The first-order valence-corrected chi connectivity index (χ1v) is 10.3. The van der Waals surface area contributed by atoms with Crippen LogP contribution in [0.2, 0.25) is 0 Å². The Morgan fingerprint density at radius 2 is 1.68 bits per heavy atom. The molecule has 1 aromatic heterocycles. The molecule has 2 aromatic rings. The lowest BCUT2D eigenvalue weighted by Gasteiger charge is -2.22. The summed E-state index contributed by atoms with van der Waals surface area (Å²) >= 11 is 0. The molecule has 2 rings (SSSR count). The van der Waals surface area contributed by atoms with Crippen molar-refractivity contribution < 1.29 is 14.5 Å². The summed E-state index contributed by atoms with van der Waals surface area (Å²) in [6, 6.07) is 9.19. The molecular weight excluding hydrogens is 398 g/mol. The number of hydrogen-bond donors (Lipinski definition) is 3. The predicted molar refractivity (Wildman–Crippen MR) is 119 cm³/mol. The minimum absolute atomic E-state index is 0.0640. The number of likely N-dealkylation sites (N-methyl/N-ethyl adjacent to an activating group) is 1. The van der Waals surface area contributed by atoms with Gasteiger partial charge in [0.15, 0.2) is 6.54 Å². The largest absolute Gasteiger partial charge is 0.384 e. The molecular formula is C22H32N5O4+. The van der Waals surface area contributed by atoms with Gasteiger partial charge in [-0.2, -0.15) is 0 Å². The quantitative estimate of drug-likeness (QED) is 0.477. The maximum Gasteiger partial charge on any atom is 0.332 e. The summed E-state index contributed by atoms with van der Waals surface area (Å²) in [6.07, 6.45) is 0. The van der Waals surface area contributed by atoms with Crippen molar-refractivity contribution in [1.82, 2.24) is 14.5 Å². The Morgan fingerprint density at radius 1 is 1.06 bits per heavy atom. The second-order valence-electron chi connectivity index (χ2n) is 8.70. The van der Waals surface area contributed by atoms with E-state index in [2.05, 4.69) is 5.32 Å². The van der Waals surface area contributed by atoms with E-state index >= 15 is 0 Å². The smallest absolute Gasteiger partial charge is 0.332 e. The highest BCUT2D eigenvalue weighted by Gasteiger charge is 2.26. The van der Waals surface area contributed by atoms with E-state index < -0.39 is 17.0 Å². The minimum atomic E-state index is -0.703. The average Bonchev–Trinajstić information content (AvgIpc) is 2.64. The number of carbonyl (C=O) groups excluding carboxylic acids is 2. The number of nitrogens with one attached hydrogen (secondary N) is 2. The number of nitrogens with zero attached hydrogens (tertiary/aromatic N) is 2. The predicted octanol–water partition coefficient (Wildman–Crippen LogP) is -0.727. The number of hydrogen-bond acceptors (Lipinski definition) is 5. The standard InChI is InChI=1S/C22H31N5O4/c1-6-26-20(30)18(16(28)13-25(5)14-17(29)24-22(2,3)4)19(23)27(21(26)31)12-15-10-8-7-9-11-15/h7-11H,6,12-14,23H2,1-5H3,(H,24,29)/p+1. The summed E-state index contributed by atoms with van der Waals surface area (Å²) in [4.78, 5) is 51.4. The average molecular weight is 431 g/mol. The van der Waals surface area contributed by atoms with Gasteiger partial charge in [0.05, 0.1) is 13.6 Å². The fraction of sp³-hybridized carbons (Fsp3) is 0.455. The Hall–Kier alpha value is -3.20. The molecule has 0 saturated carbocycles. The molecule has 168 valence electrons. The molecule has 1 heterocycles. The number of carbonyl (C=O) groups is 2. The highest BCUT2D eigenvalue weighted by molar-refractivity contribution is 6.00. The fourth-order valence-corrected chi connectivity index (χ4v) is 3.34. The maximum atomic E-state index is 13.0. The first-order chi connectivity index (χ1) is 14.4. The van der Waals surface area contributed by atoms with Crippen molar-refractivity contribution in [2.45, 2.75) is 46.3 Å². The Bertz CT molecular complexity index is 1060. The van der Waals surface area contributed by atoms with Gasteiger partial charge in [0.1, 0.15) is 17.9 Å². The zero-order chi connectivity index (χ0) is 23.3. The van der Waals surface area contributed by atoms with E-state index in [0.717, 1.165) is 10.1 Å². The fourth-order valence-electron chi connectivity index (χ4n) is 3.34. The van der Waals surface area contributed by atoms with Gasteiger partial charge in [-0.25, -0.2) is 4.79 Å². The van der Waals surface area contributed by atoms with Crippen molar-refractivity contribution in [2.24, 2.45) is 0 Å². The van der Waals surface area contributed by atoms with E-state index in [4.69, 9.17) is 5.73 Å². The highest BCUT2D eigenvalue weighted by atomic mass is 16.2. The highest BCUT2D eigenvalue weighted by Crippen LogP contribution is 2.09. The number of Topliss-reactive ketones (excluding diaryl/α,β-unsaturated/α-hetero) is 1. The second kappa shape index (κ2) is 9.74. The molecule has 0 aliphatic carbocycles. The van der Waals surface area contributed by atoms with E-state index in [9.17, 15) is 19.2 Å². The molecule has 0 radical (unpaired) electrons. The summed E-state index contributed by atoms with van der Waals surface area (Å²) in [7, 11) is 1.69. The molecule has 1 atom stereocenters. The first kappa shape index (κ1) is 24.1. The van der Waals surface area contributed by atoms with Crippen LogP contribution in [0.1, 0.15) is 43.6 Å². The second-order valence-corrected chi connectivity index (χ2v) is 8.70. The van der Waals surface area contributed by atoms with Crippen LogP contribution in [0, 0.1) is 0 Å². The molecule has 1 unspecified atom stereocenters. The summed E-state index contributed by atoms with van der Waals surface area (Å²) < 4.78 is 2.25. The SMILES string of the molecule is CCn1c(=O)c(C(=O)C[NH+](C)CC(=O)NC(C)(C)C)c(N)n(Cc2ccccc2)c1=O. The van der Waals surface area contributed by atoms with Gasteiger partial charge < -0.3 is 16.0 Å². The molecule has 0 spiro atoms. The van der Waals surface area contributed by atoms with E-state index in [-0.39, 0.29) is 49.0 Å². The molecule has 0 fully saturated rings. The number of ketones is 1. The Balaban J connectivity index is 2.35. The van der Waals surface area contributed by atoms with Crippen molar-refractivity contribution in [3.05, 3.63) is 62.3 Å². The van der Waals surface area contributed by atoms with E-state index in [1.54, 1.807) is 14.0 Å². The number of benzene rings is 1. The first-order valence-electron chi connectivity index (χ1n) is 10.3. The summed E-state index contributed by atoms with van der Waals surface area (Å²) in [5.74, 6) is -0.862. The van der Waals surface area contributed by atoms with Gasteiger partial charge in [-0.15, -0.1) is 0 Å². The molecule has 9 nitrogen and oxygen atoms in total. The third-order valence-electron chi connectivity index (χ3n) is 4.69. The third-order valence-corrected chi connectivity index (χ3v) is 4.69. The zero-order valence-electron chi connectivity index (χ0n) is 18.8. The number of amides is 1. The topological polar surface area (TPSA) is 121 Å². The third kappa shape index (κ3) is 6.14. The number of nitrogen functional groups attached to an aromatic ring is 1. The lowest BCUT2D eigenvalue weighted by atomic mass is 10.1. The van der Waals surface area contributed by atoms with Crippen LogP contribution in [-0.4, -0.2) is 46.5 Å². The lowest BCUT2D eigenvalue weighted by Crippen LogP contribution is -3.11. The molecule has 1 amide bonds. The molecule has 1 aromatic carbocycles. The lowest BCUT2D eigenvalue weighted by molar-refractivity contribution is -0.862. The Labute approximate surface area is 181 Å². The molecule has 0 saturated heterocycles. The zero-order valence-corrected chi connectivity index (χ0v) is 18.8. The number of rotatable bonds is 8. The van der Waals surface area contributed by atoms with Crippen LogP contribution in [0.5, 0.6) is 0 Å². The summed E-state index contributed by atoms with van der Waals surface area (Å²) in [5, 5.41) is 2.84. The van der Waals surface area contributed by atoms with Crippen molar-refractivity contribution in [3.8, 4) is 0 Å². The van der Waals surface area contributed by atoms with Gasteiger partial charge >= 0.3 is 5.69 Å². The Morgan fingerprint density at radius 3 is 2.23 bits per heavy atom. The van der Waals surface area contributed by atoms with Crippen molar-refractivity contribution in [2.75, 3.05) is 25.9 Å². The molecule has 0 aliphatic rings. The summed E-state index contributed by atoms with van der Waals surface area (Å²) in [5.41, 5.74) is 5.12. The van der Waals surface area contributed by atoms with E-state index in [0.29, 0.717) is 4.90 Å². The van der Waals surface area contributed by atoms with Crippen LogP contribution < -0.4 is 27.2 Å². The van der Waals surface area contributed by atoms with Gasteiger partial charge in [0.2, 0.25) is 5.78 Å². The Kier molecular flexibility index (Phi) is 7.56. The van der Waals surface area contributed by atoms with Gasteiger partial charge in [-0.05, 0) is 33.3 Å². The number of anilines is 1. The molecule has 0 bridgehead atoms.